The molecule has 0 aromatic rings. The smallest absolute Gasteiger partial charge is 0.178 e. The molecule has 0 aliphatic carbocycles. The van der Waals surface area contributed by atoms with E-state index >= 15 is 0 Å². The van der Waals surface area contributed by atoms with Crippen molar-refractivity contribution in [2.75, 3.05) is 0 Å². The molecule has 0 saturated heterocycles. The minimum absolute atomic E-state index is 0.0888. The van der Waals surface area contributed by atoms with Crippen molar-refractivity contribution in [2.24, 2.45) is 10.8 Å². The van der Waals surface area contributed by atoms with E-state index in [1.807, 2.05) is 19.1 Å². The lowest BCUT2D eigenvalue weighted by Gasteiger charge is -2.26. The first kappa shape index (κ1) is 13.7. The highest BCUT2D eigenvalue weighted by molar-refractivity contribution is 5.34. The number of hydrogen-bond acceptors (Lipinski definition) is 4. The SMILES string of the molecule is CC/C=C/CC(C#N)(C#N)C(C)(C#N)C#N. The normalized spacial score (nSPS) is 11.1. The summed E-state index contributed by atoms with van der Waals surface area (Å²) in [6, 6.07) is 7.13. The van der Waals surface area contributed by atoms with Gasteiger partial charge in [-0.3, -0.25) is 0 Å². The van der Waals surface area contributed by atoms with Crippen molar-refractivity contribution in [1.29, 1.82) is 21.0 Å². The summed E-state index contributed by atoms with van der Waals surface area (Å²) >= 11 is 0. The van der Waals surface area contributed by atoms with Gasteiger partial charge in [0.2, 0.25) is 0 Å². The van der Waals surface area contributed by atoms with E-state index in [4.69, 9.17) is 21.0 Å². The summed E-state index contributed by atoms with van der Waals surface area (Å²) in [6.45, 7) is 3.24. The van der Waals surface area contributed by atoms with Gasteiger partial charge in [-0.05, 0) is 19.8 Å². The minimum atomic E-state index is -1.62. The fraction of sp³-hybridized carbons (Fsp3) is 0.500. The van der Waals surface area contributed by atoms with Crippen LogP contribution in [0.15, 0.2) is 12.2 Å². The van der Waals surface area contributed by atoms with Gasteiger partial charge in [0.15, 0.2) is 10.8 Å². The Morgan fingerprint density at radius 1 is 0.938 bits per heavy atom. The largest absolute Gasteiger partial charge is 0.196 e. The molecule has 0 unspecified atom stereocenters. The monoisotopic (exact) mass is 212 g/mol. The van der Waals surface area contributed by atoms with E-state index in [0.717, 1.165) is 6.42 Å². The Hall–Kier alpha value is -2.30. The van der Waals surface area contributed by atoms with Crippen LogP contribution < -0.4 is 0 Å². The predicted octanol–water partition coefficient (Wildman–Crippen LogP) is 2.43. The van der Waals surface area contributed by atoms with Crippen LogP contribution in [0.1, 0.15) is 26.7 Å². The van der Waals surface area contributed by atoms with Crippen molar-refractivity contribution >= 4 is 0 Å². The molecule has 0 rings (SSSR count). The van der Waals surface area contributed by atoms with Crippen molar-refractivity contribution in [1.82, 2.24) is 0 Å². The lowest BCUT2D eigenvalue weighted by Crippen LogP contribution is -2.35. The first-order chi connectivity index (χ1) is 7.55. The van der Waals surface area contributed by atoms with Crippen molar-refractivity contribution in [3.05, 3.63) is 12.2 Å². The fourth-order valence-corrected chi connectivity index (χ4v) is 1.19. The third-order valence-electron chi connectivity index (χ3n) is 2.51. The second kappa shape index (κ2) is 5.55. The maximum atomic E-state index is 9.07. The fourth-order valence-electron chi connectivity index (χ4n) is 1.19. The lowest BCUT2D eigenvalue weighted by atomic mass is 9.66. The average Bonchev–Trinajstić information content (AvgIpc) is 2.34. The lowest BCUT2D eigenvalue weighted by molar-refractivity contribution is 0.330. The van der Waals surface area contributed by atoms with E-state index in [9.17, 15) is 0 Å². The number of hydrogen-bond donors (Lipinski definition) is 0. The topological polar surface area (TPSA) is 95.2 Å². The van der Waals surface area contributed by atoms with E-state index in [-0.39, 0.29) is 6.42 Å². The Morgan fingerprint density at radius 2 is 1.44 bits per heavy atom. The standard InChI is InChI=1S/C12H12N4/c1-3-4-5-6-12(9-15,10-16)11(2,7-13)8-14/h4-5H,3,6H2,1-2H3/b5-4+. The van der Waals surface area contributed by atoms with Crippen LogP contribution >= 0.6 is 0 Å². The van der Waals surface area contributed by atoms with Gasteiger partial charge >= 0.3 is 0 Å². The molecule has 0 N–H and O–H groups in total. The number of rotatable bonds is 4. The summed E-state index contributed by atoms with van der Waals surface area (Å²) in [5.74, 6) is 0. The summed E-state index contributed by atoms with van der Waals surface area (Å²) in [4.78, 5) is 0. The summed E-state index contributed by atoms with van der Waals surface area (Å²) in [5.41, 5.74) is -3.23. The molecule has 80 valence electrons. The third-order valence-corrected chi connectivity index (χ3v) is 2.51. The zero-order valence-electron chi connectivity index (χ0n) is 9.36. The van der Waals surface area contributed by atoms with Gasteiger partial charge in [0.05, 0.1) is 24.3 Å². The third kappa shape index (κ3) is 2.20. The van der Waals surface area contributed by atoms with Crippen molar-refractivity contribution in [3.63, 3.8) is 0 Å². The summed E-state index contributed by atoms with van der Waals surface area (Å²) < 4.78 is 0. The molecule has 0 aromatic carbocycles. The van der Waals surface area contributed by atoms with E-state index in [0.29, 0.717) is 0 Å². The van der Waals surface area contributed by atoms with Crippen LogP contribution in [0.4, 0.5) is 0 Å². The molecule has 0 aliphatic heterocycles. The molecular weight excluding hydrogens is 200 g/mol. The van der Waals surface area contributed by atoms with Gasteiger partial charge in [-0.2, -0.15) is 21.0 Å². The van der Waals surface area contributed by atoms with Crippen molar-refractivity contribution in [3.8, 4) is 24.3 Å². The molecule has 0 amide bonds. The molecule has 0 aromatic heterocycles. The molecule has 0 atom stereocenters. The van der Waals surface area contributed by atoms with Gasteiger partial charge in [-0.15, -0.1) is 0 Å². The highest BCUT2D eigenvalue weighted by Crippen LogP contribution is 2.40. The van der Waals surface area contributed by atoms with Crippen LogP contribution in [0.25, 0.3) is 0 Å². The maximum absolute atomic E-state index is 9.07. The minimum Gasteiger partial charge on any atom is -0.196 e. The number of nitrogens with zero attached hydrogens (tertiary/aromatic N) is 4. The van der Waals surface area contributed by atoms with Gasteiger partial charge < -0.3 is 0 Å². The summed E-state index contributed by atoms with van der Waals surface area (Å²) in [7, 11) is 0. The Balaban J connectivity index is 5.42. The Morgan fingerprint density at radius 3 is 1.75 bits per heavy atom. The second-order valence-electron chi connectivity index (χ2n) is 3.56. The molecule has 4 nitrogen and oxygen atoms in total. The van der Waals surface area contributed by atoms with E-state index in [1.54, 1.807) is 24.3 Å². The number of allylic oxidation sites excluding steroid dienone is 2. The molecule has 16 heavy (non-hydrogen) atoms. The molecule has 0 saturated carbocycles. The van der Waals surface area contributed by atoms with Crippen LogP contribution in [0.5, 0.6) is 0 Å². The van der Waals surface area contributed by atoms with E-state index in [1.165, 1.54) is 6.92 Å². The van der Waals surface area contributed by atoms with E-state index in [2.05, 4.69) is 0 Å². The van der Waals surface area contributed by atoms with E-state index < -0.39 is 10.8 Å². The second-order valence-corrected chi connectivity index (χ2v) is 3.56. The molecule has 0 bridgehead atoms. The van der Waals surface area contributed by atoms with Gasteiger partial charge in [-0.1, -0.05) is 19.1 Å². The molecule has 0 aliphatic rings. The predicted molar refractivity (Wildman–Crippen MR) is 57.0 cm³/mol. The Kier molecular flexibility index (Phi) is 4.75. The zero-order valence-corrected chi connectivity index (χ0v) is 9.36. The van der Waals surface area contributed by atoms with Crippen LogP contribution in [0, 0.1) is 56.2 Å². The van der Waals surface area contributed by atoms with Crippen LogP contribution in [0.2, 0.25) is 0 Å². The summed E-state index contributed by atoms with van der Waals surface area (Å²) in [6.07, 6.45) is 4.34. The Labute approximate surface area is 95.6 Å². The molecular formula is C12H12N4. The molecule has 0 radical (unpaired) electrons. The van der Waals surface area contributed by atoms with Gasteiger partial charge in [0, 0.05) is 0 Å². The van der Waals surface area contributed by atoms with Gasteiger partial charge in [0.25, 0.3) is 0 Å². The Bertz CT molecular complexity index is 406. The van der Waals surface area contributed by atoms with Crippen LogP contribution in [0.3, 0.4) is 0 Å². The zero-order chi connectivity index (χ0) is 12.7. The maximum Gasteiger partial charge on any atom is 0.178 e. The molecule has 0 heterocycles. The first-order valence-corrected chi connectivity index (χ1v) is 4.85. The van der Waals surface area contributed by atoms with Crippen LogP contribution in [-0.2, 0) is 0 Å². The van der Waals surface area contributed by atoms with Gasteiger partial charge in [-0.25, -0.2) is 0 Å². The molecule has 0 fully saturated rings. The average molecular weight is 212 g/mol. The summed E-state index contributed by atoms with van der Waals surface area (Å²) in [5, 5.41) is 36.0. The van der Waals surface area contributed by atoms with Gasteiger partial charge in [0.1, 0.15) is 0 Å². The molecule has 4 heteroatoms. The van der Waals surface area contributed by atoms with Crippen molar-refractivity contribution in [2.45, 2.75) is 26.7 Å². The molecule has 0 spiro atoms. The van der Waals surface area contributed by atoms with Crippen molar-refractivity contribution < 1.29 is 0 Å². The van der Waals surface area contributed by atoms with Crippen LogP contribution in [-0.4, -0.2) is 0 Å². The highest BCUT2D eigenvalue weighted by Gasteiger charge is 2.50. The first-order valence-electron chi connectivity index (χ1n) is 4.85. The highest BCUT2D eigenvalue weighted by atomic mass is 14.5. The number of nitriles is 4. The quantitative estimate of drug-likeness (QED) is 0.668.